The highest BCUT2D eigenvalue weighted by Gasteiger charge is 2.23. The first-order valence-corrected chi connectivity index (χ1v) is 11.5. The number of nitrogens with one attached hydrogen (secondary N) is 2. The zero-order valence-electron chi connectivity index (χ0n) is 19.6. The van der Waals surface area contributed by atoms with Crippen molar-refractivity contribution in [3.63, 3.8) is 0 Å². The van der Waals surface area contributed by atoms with Gasteiger partial charge in [0.25, 0.3) is 0 Å². The van der Waals surface area contributed by atoms with Crippen LogP contribution < -0.4 is 15.4 Å². The van der Waals surface area contributed by atoms with E-state index in [9.17, 15) is 9.59 Å². The third-order valence-corrected chi connectivity index (χ3v) is 5.98. The van der Waals surface area contributed by atoms with Gasteiger partial charge >= 0.3 is 12.1 Å². The standard InChI is InChI=1S/C25H30N2O5S/c1-25(2,3)32-24(29)26-15-17(13-16-9-7-6-8-10-16)27-21-19-14-18(30-4)11-12-20(19)33-22(21)23(28)31-5/h6-12,14,17,27H,13,15H2,1-5H3,(H,26,29)/t17-/m0/s1. The van der Waals surface area contributed by atoms with Crippen LogP contribution in [-0.2, 0) is 15.9 Å². The molecule has 1 aromatic heterocycles. The van der Waals surface area contributed by atoms with Crippen molar-refractivity contribution in [3.05, 3.63) is 59.0 Å². The van der Waals surface area contributed by atoms with Gasteiger partial charge in [-0.15, -0.1) is 11.3 Å². The topological polar surface area (TPSA) is 85.9 Å². The number of esters is 1. The van der Waals surface area contributed by atoms with E-state index in [0.717, 1.165) is 15.6 Å². The van der Waals surface area contributed by atoms with Crippen molar-refractivity contribution in [1.82, 2.24) is 5.32 Å². The van der Waals surface area contributed by atoms with Crippen molar-refractivity contribution in [2.24, 2.45) is 0 Å². The summed E-state index contributed by atoms with van der Waals surface area (Å²) < 4.78 is 16.7. The van der Waals surface area contributed by atoms with E-state index < -0.39 is 17.7 Å². The molecule has 0 aliphatic carbocycles. The Bertz CT molecular complexity index is 1110. The van der Waals surface area contributed by atoms with Crippen molar-refractivity contribution in [2.45, 2.75) is 38.8 Å². The van der Waals surface area contributed by atoms with Crippen molar-refractivity contribution in [1.29, 1.82) is 0 Å². The van der Waals surface area contributed by atoms with E-state index >= 15 is 0 Å². The van der Waals surface area contributed by atoms with E-state index in [1.54, 1.807) is 7.11 Å². The van der Waals surface area contributed by atoms with E-state index in [0.29, 0.717) is 29.3 Å². The second-order valence-electron chi connectivity index (χ2n) is 8.57. The van der Waals surface area contributed by atoms with Crippen LogP contribution in [0.2, 0.25) is 0 Å². The Hall–Kier alpha value is -3.26. The van der Waals surface area contributed by atoms with Gasteiger partial charge in [-0.3, -0.25) is 0 Å². The second-order valence-corrected chi connectivity index (χ2v) is 9.63. The van der Waals surface area contributed by atoms with Gasteiger partial charge in [-0.2, -0.15) is 0 Å². The molecular formula is C25H30N2O5S. The van der Waals surface area contributed by atoms with Crippen LogP contribution in [0.15, 0.2) is 48.5 Å². The number of carbonyl (C=O) groups is 2. The molecule has 0 spiro atoms. The number of anilines is 1. The number of alkyl carbamates (subject to hydrolysis) is 1. The summed E-state index contributed by atoms with van der Waals surface area (Å²) in [6.07, 6.45) is 0.130. The molecule has 1 heterocycles. The van der Waals surface area contributed by atoms with E-state index in [4.69, 9.17) is 14.2 Å². The molecule has 0 saturated heterocycles. The third kappa shape index (κ3) is 6.61. The molecule has 0 radical (unpaired) electrons. The number of carbonyl (C=O) groups excluding carboxylic acids is 2. The number of methoxy groups -OCH3 is 2. The summed E-state index contributed by atoms with van der Waals surface area (Å²) in [6, 6.07) is 15.4. The van der Waals surface area contributed by atoms with E-state index in [1.165, 1.54) is 18.4 Å². The summed E-state index contributed by atoms with van der Waals surface area (Å²) in [5.41, 5.74) is 1.16. The highest BCUT2D eigenvalue weighted by molar-refractivity contribution is 7.21. The van der Waals surface area contributed by atoms with Gasteiger partial charge in [0, 0.05) is 22.7 Å². The van der Waals surface area contributed by atoms with Crippen molar-refractivity contribution in [2.75, 3.05) is 26.1 Å². The first-order chi connectivity index (χ1) is 15.7. The summed E-state index contributed by atoms with van der Waals surface area (Å²) >= 11 is 1.35. The van der Waals surface area contributed by atoms with Gasteiger partial charge in [-0.05, 0) is 51.0 Å². The second kappa shape index (κ2) is 10.6. The minimum Gasteiger partial charge on any atom is -0.497 e. The Morgan fingerprint density at radius 3 is 2.42 bits per heavy atom. The summed E-state index contributed by atoms with van der Waals surface area (Å²) in [5.74, 6) is 0.266. The summed E-state index contributed by atoms with van der Waals surface area (Å²) in [6.45, 7) is 5.76. The van der Waals surface area contributed by atoms with Crippen LogP contribution in [0.25, 0.3) is 10.1 Å². The maximum Gasteiger partial charge on any atom is 0.407 e. The predicted molar refractivity (Wildman–Crippen MR) is 132 cm³/mol. The number of amides is 1. The highest BCUT2D eigenvalue weighted by atomic mass is 32.1. The first-order valence-electron chi connectivity index (χ1n) is 10.7. The highest BCUT2D eigenvalue weighted by Crippen LogP contribution is 2.38. The average Bonchev–Trinajstić information content (AvgIpc) is 3.14. The number of hydrogen-bond acceptors (Lipinski definition) is 7. The number of benzene rings is 2. The van der Waals surface area contributed by atoms with Crippen LogP contribution in [0.1, 0.15) is 36.0 Å². The van der Waals surface area contributed by atoms with E-state index in [-0.39, 0.29) is 6.04 Å². The number of rotatable bonds is 8. The Labute approximate surface area is 198 Å². The maximum absolute atomic E-state index is 12.5. The molecule has 33 heavy (non-hydrogen) atoms. The van der Waals surface area contributed by atoms with Crippen molar-refractivity contribution < 1.29 is 23.8 Å². The predicted octanol–water partition coefficient (Wildman–Crippen LogP) is 5.24. The van der Waals surface area contributed by atoms with Crippen molar-refractivity contribution >= 4 is 39.2 Å². The minimum atomic E-state index is -0.593. The Balaban J connectivity index is 1.93. The third-order valence-electron chi connectivity index (χ3n) is 4.83. The van der Waals surface area contributed by atoms with Crippen LogP contribution in [0.5, 0.6) is 5.75 Å². The average molecular weight is 471 g/mol. The molecule has 8 heteroatoms. The molecule has 3 rings (SSSR count). The smallest absolute Gasteiger partial charge is 0.407 e. The van der Waals surface area contributed by atoms with Gasteiger partial charge < -0.3 is 24.8 Å². The molecule has 0 unspecified atom stereocenters. The lowest BCUT2D eigenvalue weighted by molar-refractivity contribution is 0.0524. The quantitative estimate of drug-likeness (QED) is 0.438. The lowest BCUT2D eigenvalue weighted by atomic mass is 10.0. The zero-order chi connectivity index (χ0) is 24.0. The minimum absolute atomic E-state index is 0.215. The first kappa shape index (κ1) is 24.4. The monoisotopic (exact) mass is 470 g/mol. The zero-order valence-corrected chi connectivity index (χ0v) is 20.4. The largest absolute Gasteiger partial charge is 0.497 e. The van der Waals surface area contributed by atoms with Crippen LogP contribution in [0.3, 0.4) is 0 Å². The number of thiophene rings is 1. The molecule has 2 aromatic carbocycles. The number of fused-ring (bicyclic) bond motifs is 1. The fourth-order valence-electron chi connectivity index (χ4n) is 3.38. The number of hydrogen-bond donors (Lipinski definition) is 2. The normalized spacial score (nSPS) is 12.2. The van der Waals surface area contributed by atoms with Crippen LogP contribution in [-0.4, -0.2) is 44.5 Å². The molecule has 0 fully saturated rings. The SMILES string of the molecule is COC(=O)c1sc2ccc(OC)cc2c1N[C@H](CNC(=O)OC(C)(C)C)Cc1ccccc1. The van der Waals surface area contributed by atoms with Gasteiger partial charge in [-0.1, -0.05) is 30.3 Å². The molecule has 1 amide bonds. The Morgan fingerprint density at radius 1 is 1.06 bits per heavy atom. The molecule has 2 N–H and O–H groups in total. The fourth-order valence-corrected chi connectivity index (χ4v) is 4.45. The van der Waals surface area contributed by atoms with Gasteiger partial charge in [-0.25, -0.2) is 9.59 Å². The Kier molecular flexibility index (Phi) is 7.81. The molecule has 7 nitrogen and oxygen atoms in total. The molecule has 3 aromatic rings. The van der Waals surface area contributed by atoms with Crippen LogP contribution in [0, 0.1) is 0 Å². The molecular weight excluding hydrogens is 440 g/mol. The van der Waals surface area contributed by atoms with Crippen LogP contribution >= 0.6 is 11.3 Å². The number of ether oxygens (including phenoxy) is 3. The fraction of sp³-hybridized carbons (Fsp3) is 0.360. The lowest BCUT2D eigenvalue weighted by Gasteiger charge is -2.24. The molecule has 176 valence electrons. The summed E-state index contributed by atoms with van der Waals surface area (Å²) in [7, 11) is 2.97. The molecule has 0 aliphatic heterocycles. The van der Waals surface area contributed by atoms with Gasteiger partial charge in [0.15, 0.2) is 0 Å². The maximum atomic E-state index is 12.5. The van der Waals surface area contributed by atoms with Crippen LogP contribution in [0.4, 0.5) is 10.5 Å². The molecule has 0 bridgehead atoms. The van der Waals surface area contributed by atoms with Gasteiger partial charge in [0.05, 0.1) is 19.9 Å². The summed E-state index contributed by atoms with van der Waals surface area (Å²) in [5, 5.41) is 7.19. The summed E-state index contributed by atoms with van der Waals surface area (Å²) in [4.78, 5) is 25.3. The Morgan fingerprint density at radius 2 is 1.79 bits per heavy atom. The van der Waals surface area contributed by atoms with E-state index in [1.807, 2.05) is 69.3 Å². The van der Waals surface area contributed by atoms with Gasteiger partial charge in [0.1, 0.15) is 16.2 Å². The molecule has 0 aliphatic rings. The molecule has 1 atom stereocenters. The lowest BCUT2D eigenvalue weighted by Crippen LogP contribution is -2.40. The van der Waals surface area contributed by atoms with Crippen molar-refractivity contribution in [3.8, 4) is 5.75 Å². The van der Waals surface area contributed by atoms with E-state index in [2.05, 4.69) is 10.6 Å². The molecule has 0 saturated carbocycles. The van der Waals surface area contributed by atoms with Gasteiger partial charge in [0.2, 0.25) is 0 Å².